The number of hydrogen-bond donors (Lipinski definition) is 4. The van der Waals surface area contributed by atoms with Crippen LogP contribution in [0.4, 0.5) is 16.3 Å². The molecule has 0 radical (unpaired) electrons. The number of carbonyl (C=O) groups excluding carboxylic acids is 3. The van der Waals surface area contributed by atoms with Gasteiger partial charge in [0.25, 0.3) is 5.91 Å². The van der Waals surface area contributed by atoms with Gasteiger partial charge in [-0.25, -0.2) is 14.8 Å². The van der Waals surface area contributed by atoms with Crippen LogP contribution in [0.5, 0.6) is 0 Å². The fraction of sp³-hybridized carbons (Fsp3) is 0.421. The minimum Gasteiger partial charge on any atom is -0.453 e. The molecule has 0 spiro atoms. The number of hydrogen-bond acceptors (Lipinski definition) is 9. The summed E-state index contributed by atoms with van der Waals surface area (Å²) in [6.07, 6.45) is 4.41. The van der Waals surface area contributed by atoms with Crippen molar-refractivity contribution in [1.82, 2.24) is 35.5 Å². The standard InChI is InChI=1S/C38H47N9O4.4ClH/c1-22(2)34(45-38(50)51-6)37(49)46-17-7-8-32(46)35-41-20-31(43-35)27-11-9-26(10-12-27)30-15-14-29(25(5)42-30)44-36(48)28-13-16-33(40-19-28)47-21-23(3)39-18-24(47)4;;;;/h9-16,19-20,22-24,32,34,39H,7-8,17-18,21H2,1-6H3,(H,41,43)(H,44,48)(H,45,50);4*1H/t23-,24+,32-,34-;;;;/m0..../s1. The molecule has 55 heavy (non-hydrogen) atoms. The lowest BCUT2D eigenvalue weighted by Gasteiger charge is -2.38. The number of nitrogens with zero attached hydrogens (tertiary/aromatic N) is 5. The maximum Gasteiger partial charge on any atom is 0.407 e. The van der Waals surface area contributed by atoms with Crippen LogP contribution in [0.1, 0.15) is 68.5 Å². The molecule has 3 aromatic heterocycles. The Bertz CT molecular complexity index is 1880. The van der Waals surface area contributed by atoms with Crippen LogP contribution in [-0.4, -0.2) is 87.6 Å². The number of aryl methyl sites for hydroxylation is 1. The Kier molecular flexibility index (Phi) is 17.7. The van der Waals surface area contributed by atoms with Crippen LogP contribution < -0.4 is 20.9 Å². The largest absolute Gasteiger partial charge is 0.453 e. The van der Waals surface area contributed by atoms with Crippen LogP contribution in [-0.2, 0) is 9.53 Å². The quantitative estimate of drug-likeness (QED) is 0.139. The zero-order valence-electron chi connectivity index (χ0n) is 31.7. The van der Waals surface area contributed by atoms with Crippen LogP contribution >= 0.6 is 49.6 Å². The smallest absolute Gasteiger partial charge is 0.407 e. The molecule has 0 saturated carbocycles. The second kappa shape index (κ2) is 20.7. The SMILES string of the molecule is COC(=O)N[C@H](C(=O)N1CCC[C@H]1c1ncc(-c2ccc(-c3ccc(NC(=O)c4ccc(N5C[C@H](C)NC[C@H]5C)nc4)c(C)n3)cc2)[nH]1)C(C)C.Cl.Cl.Cl.Cl. The zero-order valence-corrected chi connectivity index (χ0v) is 35.0. The second-order valence-electron chi connectivity index (χ2n) is 13.8. The van der Waals surface area contributed by atoms with Gasteiger partial charge >= 0.3 is 6.09 Å². The molecule has 1 aromatic carbocycles. The molecule has 4 N–H and O–H groups in total. The molecule has 2 aliphatic heterocycles. The topological polar surface area (TPSA) is 157 Å². The highest BCUT2D eigenvalue weighted by Gasteiger charge is 2.37. The molecular weight excluding hydrogens is 788 g/mol. The van der Waals surface area contributed by atoms with E-state index in [0.29, 0.717) is 41.4 Å². The third-order valence-electron chi connectivity index (χ3n) is 9.73. The number of alkyl carbamates (subject to hydrolysis) is 1. The van der Waals surface area contributed by atoms with E-state index in [4.69, 9.17) is 9.72 Å². The van der Waals surface area contributed by atoms with Gasteiger partial charge < -0.3 is 35.5 Å². The number of pyridine rings is 2. The van der Waals surface area contributed by atoms with Crippen molar-refractivity contribution in [3.8, 4) is 22.5 Å². The van der Waals surface area contributed by atoms with Crippen molar-refractivity contribution in [3.05, 3.63) is 78.0 Å². The fourth-order valence-electron chi connectivity index (χ4n) is 6.75. The molecule has 4 atom stereocenters. The van der Waals surface area contributed by atoms with E-state index in [1.807, 2.05) is 69.3 Å². The molecule has 5 heterocycles. The third-order valence-corrected chi connectivity index (χ3v) is 9.73. The lowest BCUT2D eigenvalue weighted by Crippen LogP contribution is -2.54. The van der Waals surface area contributed by atoms with Crippen molar-refractivity contribution in [2.45, 2.75) is 71.6 Å². The Morgan fingerprint density at radius 1 is 0.927 bits per heavy atom. The zero-order chi connectivity index (χ0) is 36.2. The van der Waals surface area contributed by atoms with Gasteiger partial charge in [-0.3, -0.25) is 14.6 Å². The normalized spacial score (nSPS) is 18.1. The summed E-state index contributed by atoms with van der Waals surface area (Å²) in [6.45, 7) is 12.3. The van der Waals surface area contributed by atoms with E-state index in [2.05, 4.69) is 49.6 Å². The van der Waals surface area contributed by atoms with E-state index in [-0.39, 0.29) is 73.4 Å². The number of halogens is 4. The highest BCUT2D eigenvalue weighted by atomic mass is 35.5. The summed E-state index contributed by atoms with van der Waals surface area (Å²) in [5.41, 5.74) is 5.33. The maximum atomic E-state index is 13.5. The number of carbonyl (C=O) groups is 3. The van der Waals surface area contributed by atoms with E-state index in [1.54, 1.807) is 17.3 Å². The first-order chi connectivity index (χ1) is 24.5. The van der Waals surface area contributed by atoms with Gasteiger partial charge in [0.05, 0.1) is 47.7 Å². The molecule has 17 heteroatoms. The lowest BCUT2D eigenvalue weighted by atomic mass is 10.0. The minimum atomic E-state index is -0.687. The monoisotopic (exact) mass is 837 g/mol. The van der Waals surface area contributed by atoms with Gasteiger partial charge in [0, 0.05) is 43.5 Å². The predicted molar refractivity (Wildman–Crippen MR) is 225 cm³/mol. The van der Waals surface area contributed by atoms with Gasteiger partial charge in [0.1, 0.15) is 17.7 Å². The molecule has 0 aliphatic carbocycles. The number of imidazole rings is 1. The average molecular weight is 840 g/mol. The first kappa shape index (κ1) is 47.0. The molecule has 0 unspecified atom stereocenters. The summed E-state index contributed by atoms with van der Waals surface area (Å²) in [6, 6.07) is 15.3. The number of amides is 3. The summed E-state index contributed by atoms with van der Waals surface area (Å²) in [5, 5.41) is 9.15. The van der Waals surface area contributed by atoms with Crippen LogP contribution in [0.15, 0.2) is 60.9 Å². The highest BCUT2D eigenvalue weighted by molar-refractivity contribution is 6.04. The van der Waals surface area contributed by atoms with E-state index in [9.17, 15) is 14.4 Å². The highest BCUT2D eigenvalue weighted by Crippen LogP contribution is 2.33. The van der Waals surface area contributed by atoms with Crippen LogP contribution in [0.2, 0.25) is 0 Å². The number of nitrogens with one attached hydrogen (secondary N) is 4. The van der Waals surface area contributed by atoms with Gasteiger partial charge in [0.15, 0.2) is 0 Å². The molecule has 300 valence electrons. The molecule has 6 rings (SSSR count). The Labute approximate surface area is 347 Å². The molecule has 4 aromatic rings. The van der Waals surface area contributed by atoms with Crippen molar-refractivity contribution in [2.75, 3.05) is 37.0 Å². The number of benzene rings is 1. The summed E-state index contributed by atoms with van der Waals surface area (Å²) in [5.74, 6) is 1.10. The number of likely N-dealkylation sites (tertiary alicyclic amines) is 1. The minimum absolute atomic E-state index is 0. The van der Waals surface area contributed by atoms with Crippen molar-refractivity contribution < 1.29 is 19.1 Å². The molecular formula is C38H51Cl4N9O4. The average Bonchev–Trinajstić information content (AvgIpc) is 3.83. The number of piperazine rings is 1. The molecule has 3 amide bonds. The Balaban J connectivity index is 0.00000261. The molecule has 2 saturated heterocycles. The molecule has 13 nitrogen and oxygen atoms in total. The summed E-state index contributed by atoms with van der Waals surface area (Å²) < 4.78 is 4.74. The van der Waals surface area contributed by atoms with Gasteiger partial charge in [-0.15, -0.1) is 49.6 Å². The summed E-state index contributed by atoms with van der Waals surface area (Å²) in [4.78, 5) is 60.0. The van der Waals surface area contributed by atoms with Gasteiger partial charge in [0.2, 0.25) is 5.91 Å². The molecule has 2 aliphatic rings. The van der Waals surface area contributed by atoms with Crippen LogP contribution in [0.3, 0.4) is 0 Å². The van der Waals surface area contributed by atoms with E-state index in [1.165, 1.54) is 7.11 Å². The first-order valence-corrected chi connectivity index (χ1v) is 17.6. The number of aromatic amines is 1. The van der Waals surface area contributed by atoms with E-state index < -0.39 is 12.1 Å². The van der Waals surface area contributed by atoms with E-state index >= 15 is 0 Å². The number of aromatic nitrogens is 4. The van der Waals surface area contributed by atoms with Crippen LogP contribution in [0, 0.1) is 12.8 Å². The molecule has 0 bridgehead atoms. The number of anilines is 2. The van der Waals surface area contributed by atoms with Crippen LogP contribution in [0.25, 0.3) is 22.5 Å². The van der Waals surface area contributed by atoms with Crippen molar-refractivity contribution in [2.24, 2.45) is 5.92 Å². The maximum absolute atomic E-state index is 13.5. The predicted octanol–water partition coefficient (Wildman–Crippen LogP) is 7.01. The van der Waals surface area contributed by atoms with Gasteiger partial charge in [-0.2, -0.15) is 0 Å². The second-order valence-corrected chi connectivity index (χ2v) is 13.8. The number of methoxy groups -OCH3 is 1. The summed E-state index contributed by atoms with van der Waals surface area (Å²) >= 11 is 0. The van der Waals surface area contributed by atoms with Gasteiger partial charge in [-0.1, -0.05) is 38.1 Å². The Morgan fingerprint density at radius 2 is 1.64 bits per heavy atom. The number of rotatable bonds is 9. The van der Waals surface area contributed by atoms with Gasteiger partial charge in [-0.05, 0) is 69.4 Å². The van der Waals surface area contributed by atoms with Crippen molar-refractivity contribution in [3.63, 3.8) is 0 Å². The Morgan fingerprint density at radius 3 is 2.27 bits per heavy atom. The number of ether oxygens (including phenoxy) is 1. The lowest BCUT2D eigenvalue weighted by molar-refractivity contribution is -0.135. The molecule has 2 fully saturated rings. The fourth-order valence-corrected chi connectivity index (χ4v) is 6.75. The summed E-state index contributed by atoms with van der Waals surface area (Å²) in [7, 11) is 1.29. The van der Waals surface area contributed by atoms with Crippen molar-refractivity contribution in [1.29, 1.82) is 0 Å². The van der Waals surface area contributed by atoms with E-state index in [0.717, 1.165) is 54.3 Å². The number of H-pyrrole nitrogens is 1. The first-order valence-electron chi connectivity index (χ1n) is 17.6. The Hall–Kier alpha value is -4.14. The van der Waals surface area contributed by atoms with Crippen molar-refractivity contribution >= 4 is 79.0 Å². The third kappa shape index (κ3) is 10.8.